The summed E-state index contributed by atoms with van der Waals surface area (Å²) in [7, 11) is -3.23. The lowest BCUT2D eigenvalue weighted by Crippen LogP contribution is -2.28. The predicted molar refractivity (Wildman–Crippen MR) is 93.2 cm³/mol. The highest BCUT2D eigenvalue weighted by molar-refractivity contribution is 8.00. The molecular formula is C17H18FNO3S2. The fourth-order valence-corrected chi connectivity index (χ4v) is 3.39. The summed E-state index contributed by atoms with van der Waals surface area (Å²) in [6.07, 6.45) is 1.15. The number of carbonyl (C=O) groups is 1. The molecule has 0 spiro atoms. The van der Waals surface area contributed by atoms with Gasteiger partial charge in [0.05, 0.1) is 16.7 Å². The van der Waals surface area contributed by atoms with Crippen molar-refractivity contribution >= 4 is 27.5 Å². The molecule has 2 aromatic carbocycles. The maximum atomic E-state index is 12.8. The van der Waals surface area contributed by atoms with Crippen LogP contribution in [-0.4, -0.2) is 26.3 Å². The van der Waals surface area contributed by atoms with Crippen molar-refractivity contribution in [3.8, 4) is 0 Å². The second-order valence-electron chi connectivity index (χ2n) is 5.37. The fraction of sp³-hybridized carbons (Fsp3) is 0.235. The monoisotopic (exact) mass is 367 g/mol. The Balaban J connectivity index is 1.90. The SMILES string of the molecule is CC(NC(=O)CSc1ccc(F)cc1)c1ccc(S(C)(=O)=O)cc1. The van der Waals surface area contributed by atoms with Gasteiger partial charge >= 0.3 is 0 Å². The lowest BCUT2D eigenvalue weighted by molar-refractivity contribution is -0.119. The van der Waals surface area contributed by atoms with Crippen molar-refractivity contribution in [3.05, 3.63) is 59.9 Å². The molecule has 1 N–H and O–H groups in total. The molecule has 0 aliphatic heterocycles. The van der Waals surface area contributed by atoms with Crippen molar-refractivity contribution in [2.24, 2.45) is 0 Å². The number of hydrogen-bond donors (Lipinski definition) is 1. The Bertz CT molecular complexity index is 803. The van der Waals surface area contributed by atoms with E-state index in [0.29, 0.717) is 0 Å². The van der Waals surface area contributed by atoms with Gasteiger partial charge in [0.25, 0.3) is 0 Å². The quantitative estimate of drug-likeness (QED) is 0.797. The molecular weight excluding hydrogens is 349 g/mol. The minimum Gasteiger partial charge on any atom is -0.349 e. The van der Waals surface area contributed by atoms with Crippen LogP contribution in [0.2, 0.25) is 0 Å². The molecule has 0 aromatic heterocycles. The normalized spacial score (nSPS) is 12.6. The van der Waals surface area contributed by atoms with Gasteiger partial charge in [-0.15, -0.1) is 11.8 Å². The minimum absolute atomic E-state index is 0.149. The minimum atomic E-state index is -3.23. The van der Waals surface area contributed by atoms with Crippen LogP contribution < -0.4 is 5.32 Å². The molecule has 0 saturated carbocycles. The summed E-state index contributed by atoms with van der Waals surface area (Å²) < 4.78 is 35.7. The highest BCUT2D eigenvalue weighted by Crippen LogP contribution is 2.19. The van der Waals surface area contributed by atoms with Gasteiger partial charge in [0.2, 0.25) is 5.91 Å². The van der Waals surface area contributed by atoms with Gasteiger partial charge < -0.3 is 5.32 Å². The van der Waals surface area contributed by atoms with Gasteiger partial charge in [-0.05, 0) is 48.9 Å². The first-order valence-electron chi connectivity index (χ1n) is 7.23. The molecule has 0 radical (unpaired) electrons. The Hall–Kier alpha value is -1.86. The van der Waals surface area contributed by atoms with Crippen molar-refractivity contribution in [2.45, 2.75) is 22.8 Å². The highest BCUT2D eigenvalue weighted by Gasteiger charge is 2.12. The summed E-state index contributed by atoms with van der Waals surface area (Å²) in [6.45, 7) is 1.83. The van der Waals surface area contributed by atoms with Crippen LogP contribution in [0.5, 0.6) is 0 Å². The molecule has 2 rings (SSSR count). The first kappa shape index (κ1) is 18.5. The zero-order valence-corrected chi connectivity index (χ0v) is 15.0. The van der Waals surface area contributed by atoms with Crippen LogP contribution in [0.3, 0.4) is 0 Å². The largest absolute Gasteiger partial charge is 0.349 e. The third-order valence-electron chi connectivity index (χ3n) is 3.37. The Kier molecular flexibility index (Phi) is 6.01. The van der Waals surface area contributed by atoms with E-state index in [9.17, 15) is 17.6 Å². The maximum absolute atomic E-state index is 12.8. The van der Waals surface area contributed by atoms with E-state index in [1.54, 1.807) is 24.3 Å². The van der Waals surface area contributed by atoms with Gasteiger partial charge in [-0.3, -0.25) is 4.79 Å². The number of sulfone groups is 1. The Labute approximate surface area is 145 Å². The van der Waals surface area contributed by atoms with Crippen LogP contribution in [-0.2, 0) is 14.6 Å². The molecule has 7 heteroatoms. The van der Waals surface area contributed by atoms with Crippen LogP contribution in [0.1, 0.15) is 18.5 Å². The molecule has 128 valence electrons. The van der Waals surface area contributed by atoms with Crippen LogP contribution in [0.25, 0.3) is 0 Å². The number of benzene rings is 2. The summed E-state index contributed by atoms with van der Waals surface area (Å²) >= 11 is 1.32. The topological polar surface area (TPSA) is 63.2 Å². The second-order valence-corrected chi connectivity index (χ2v) is 8.44. The Morgan fingerprint density at radius 3 is 2.25 bits per heavy atom. The fourth-order valence-electron chi connectivity index (χ4n) is 2.05. The molecule has 0 aliphatic rings. The smallest absolute Gasteiger partial charge is 0.230 e. The van der Waals surface area contributed by atoms with Gasteiger partial charge in [-0.2, -0.15) is 0 Å². The standard InChI is InChI=1S/C17H18FNO3S2/c1-12(13-3-9-16(10-4-13)24(2,21)22)19-17(20)11-23-15-7-5-14(18)6-8-15/h3-10,12H,11H2,1-2H3,(H,19,20). The summed E-state index contributed by atoms with van der Waals surface area (Å²) in [6, 6.07) is 12.2. The van der Waals surface area contributed by atoms with Crippen LogP contribution in [0.4, 0.5) is 4.39 Å². The molecule has 24 heavy (non-hydrogen) atoms. The van der Waals surface area contributed by atoms with E-state index in [-0.39, 0.29) is 28.4 Å². The Morgan fingerprint density at radius 1 is 1.12 bits per heavy atom. The van der Waals surface area contributed by atoms with Gasteiger partial charge in [-0.25, -0.2) is 12.8 Å². The van der Waals surface area contributed by atoms with Crippen LogP contribution in [0.15, 0.2) is 58.3 Å². The molecule has 2 aromatic rings. The number of hydrogen-bond acceptors (Lipinski definition) is 4. The van der Waals surface area contributed by atoms with Crippen molar-refractivity contribution in [3.63, 3.8) is 0 Å². The van der Waals surface area contributed by atoms with E-state index >= 15 is 0 Å². The van der Waals surface area contributed by atoms with E-state index < -0.39 is 9.84 Å². The second kappa shape index (κ2) is 7.81. The van der Waals surface area contributed by atoms with Gasteiger partial charge in [0.15, 0.2) is 9.84 Å². The molecule has 0 fully saturated rings. The lowest BCUT2D eigenvalue weighted by Gasteiger charge is -2.14. The zero-order chi connectivity index (χ0) is 17.7. The van der Waals surface area contributed by atoms with Gasteiger partial charge in [0.1, 0.15) is 5.82 Å². The number of amides is 1. The van der Waals surface area contributed by atoms with E-state index in [0.717, 1.165) is 16.7 Å². The van der Waals surface area contributed by atoms with Crippen LogP contribution >= 0.6 is 11.8 Å². The zero-order valence-electron chi connectivity index (χ0n) is 13.3. The maximum Gasteiger partial charge on any atom is 0.230 e. The predicted octanol–water partition coefficient (Wildman–Crippen LogP) is 3.20. The van der Waals surface area contributed by atoms with Gasteiger partial charge in [-0.1, -0.05) is 12.1 Å². The number of carbonyl (C=O) groups excluding carboxylic acids is 1. The summed E-state index contributed by atoms with van der Waals surface area (Å²) in [5.41, 5.74) is 0.822. The summed E-state index contributed by atoms with van der Waals surface area (Å²) in [5, 5.41) is 2.85. The van der Waals surface area contributed by atoms with Crippen molar-refractivity contribution in [1.82, 2.24) is 5.32 Å². The molecule has 4 nitrogen and oxygen atoms in total. The first-order valence-corrected chi connectivity index (χ1v) is 10.1. The molecule has 1 atom stereocenters. The third kappa shape index (κ3) is 5.35. The van der Waals surface area contributed by atoms with Crippen molar-refractivity contribution < 1.29 is 17.6 Å². The van der Waals surface area contributed by atoms with E-state index in [1.165, 1.54) is 36.0 Å². The van der Waals surface area contributed by atoms with Gasteiger partial charge in [0, 0.05) is 11.2 Å². The number of nitrogens with one attached hydrogen (secondary N) is 1. The van der Waals surface area contributed by atoms with E-state index in [1.807, 2.05) is 6.92 Å². The molecule has 0 aliphatic carbocycles. The number of rotatable bonds is 6. The number of halogens is 1. The summed E-state index contributed by atoms with van der Waals surface area (Å²) in [5.74, 6) is -0.240. The van der Waals surface area contributed by atoms with Crippen LogP contribution in [0, 0.1) is 5.82 Å². The average molecular weight is 367 g/mol. The molecule has 0 heterocycles. The first-order chi connectivity index (χ1) is 11.3. The Morgan fingerprint density at radius 2 is 1.71 bits per heavy atom. The molecule has 1 unspecified atom stereocenters. The van der Waals surface area contributed by atoms with E-state index in [4.69, 9.17) is 0 Å². The summed E-state index contributed by atoms with van der Waals surface area (Å²) in [4.78, 5) is 13.1. The lowest BCUT2D eigenvalue weighted by atomic mass is 10.1. The van der Waals surface area contributed by atoms with Crippen molar-refractivity contribution in [1.29, 1.82) is 0 Å². The molecule has 0 bridgehead atoms. The van der Waals surface area contributed by atoms with Crippen molar-refractivity contribution in [2.75, 3.05) is 12.0 Å². The van der Waals surface area contributed by atoms with E-state index in [2.05, 4.69) is 5.32 Å². The number of thioether (sulfide) groups is 1. The molecule has 0 saturated heterocycles. The molecule has 1 amide bonds. The average Bonchev–Trinajstić information content (AvgIpc) is 2.53. The third-order valence-corrected chi connectivity index (χ3v) is 5.51. The highest BCUT2D eigenvalue weighted by atomic mass is 32.2.